The third-order valence-corrected chi connectivity index (χ3v) is 5.14. The number of β-amino-alcohol motifs (C(OH)–C–C–N with tert-alkyl or cyclic N) is 1. The summed E-state index contributed by atoms with van der Waals surface area (Å²) >= 11 is 11.9. The first-order valence-electron chi connectivity index (χ1n) is 8.80. The van der Waals surface area contributed by atoms with Gasteiger partial charge in [0.25, 0.3) is 0 Å². The molecule has 0 amide bonds. The molecule has 29 heavy (non-hydrogen) atoms. The lowest BCUT2D eigenvalue weighted by molar-refractivity contribution is -0.192. The number of phenols is 1. The normalized spacial score (nSPS) is 17.4. The number of rotatable bonds is 4. The van der Waals surface area contributed by atoms with E-state index >= 15 is 0 Å². The van der Waals surface area contributed by atoms with Crippen LogP contribution in [-0.2, 0) is 4.79 Å². The molecule has 0 aliphatic carbocycles. The van der Waals surface area contributed by atoms with E-state index in [0.29, 0.717) is 22.2 Å². The van der Waals surface area contributed by atoms with Crippen molar-refractivity contribution in [3.05, 3.63) is 27.7 Å². The van der Waals surface area contributed by atoms with Gasteiger partial charge >= 0.3 is 12.1 Å². The SMILES string of the molecule is CC(C)(O)CN1CCC(C(N)c2cc(Cl)c(Cl)cc2O)CC1.O=C(O)C(F)(F)F. The first-order chi connectivity index (χ1) is 13.1. The summed E-state index contributed by atoms with van der Waals surface area (Å²) in [5, 5.41) is 27.8. The van der Waals surface area contributed by atoms with E-state index < -0.39 is 17.7 Å². The highest BCUT2D eigenvalue weighted by Gasteiger charge is 2.38. The average molecular weight is 461 g/mol. The minimum Gasteiger partial charge on any atom is -0.508 e. The molecule has 1 fully saturated rings. The predicted molar refractivity (Wildman–Crippen MR) is 104 cm³/mol. The quantitative estimate of drug-likeness (QED) is 0.544. The number of hydrogen-bond donors (Lipinski definition) is 4. The van der Waals surface area contributed by atoms with Crippen molar-refractivity contribution in [1.29, 1.82) is 0 Å². The van der Waals surface area contributed by atoms with Gasteiger partial charge in [0.1, 0.15) is 5.75 Å². The highest BCUT2D eigenvalue weighted by atomic mass is 35.5. The lowest BCUT2D eigenvalue weighted by atomic mass is 9.85. The second-order valence-electron chi connectivity index (χ2n) is 7.58. The van der Waals surface area contributed by atoms with Gasteiger partial charge in [-0.25, -0.2) is 4.79 Å². The van der Waals surface area contributed by atoms with Gasteiger partial charge in [-0.1, -0.05) is 23.2 Å². The van der Waals surface area contributed by atoms with Crippen LogP contribution in [0.2, 0.25) is 10.0 Å². The number of halogens is 5. The maximum Gasteiger partial charge on any atom is 0.490 e. The second-order valence-corrected chi connectivity index (χ2v) is 8.39. The Morgan fingerprint density at radius 3 is 2.10 bits per heavy atom. The number of benzene rings is 1. The number of piperidine rings is 1. The molecular weight excluding hydrogens is 436 g/mol. The second kappa shape index (κ2) is 10.2. The first-order valence-corrected chi connectivity index (χ1v) is 9.55. The molecule has 166 valence electrons. The molecule has 0 spiro atoms. The molecule has 0 aromatic heterocycles. The van der Waals surface area contributed by atoms with Crippen molar-refractivity contribution in [3.63, 3.8) is 0 Å². The number of nitrogens with two attached hydrogens (primary N) is 1. The number of aliphatic carboxylic acids is 1. The zero-order valence-electron chi connectivity index (χ0n) is 16.0. The molecule has 1 aromatic rings. The maximum absolute atomic E-state index is 10.6. The number of alkyl halides is 3. The molecule has 5 N–H and O–H groups in total. The van der Waals surface area contributed by atoms with Crippen LogP contribution < -0.4 is 5.73 Å². The zero-order chi connectivity index (χ0) is 22.6. The summed E-state index contributed by atoms with van der Waals surface area (Å²) in [6, 6.07) is 2.84. The number of nitrogens with zero attached hydrogens (tertiary/aromatic N) is 1. The van der Waals surface area contributed by atoms with Crippen molar-refractivity contribution < 1.29 is 33.3 Å². The lowest BCUT2D eigenvalue weighted by Gasteiger charge is -2.37. The van der Waals surface area contributed by atoms with E-state index in [0.717, 1.165) is 25.9 Å². The molecule has 1 unspecified atom stereocenters. The van der Waals surface area contributed by atoms with Crippen molar-refractivity contribution in [2.45, 2.75) is 44.5 Å². The molecule has 1 heterocycles. The zero-order valence-corrected chi connectivity index (χ0v) is 17.5. The van der Waals surface area contributed by atoms with Crippen molar-refractivity contribution in [3.8, 4) is 5.75 Å². The molecule has 1 saturated heterocycles. The van der Waals surface area contributed by atoms with Crippen LogP contribution in [0.3, 0.4) is 0 Å². The molecule has 1 aromatic carbocycles. The lowest BCUT2D eigenvalue weighted by Crippen LogP contribution is -2.44. The Hall–Kier alpha value is -1.26. The smallest absolute Gasteiger partial charge is 0.490 e. The number of carboxylic acids is 1. The summed E-state index contributed by atoms with van der Waals surface area (Å²) in [7, 11) is 0. The minimum atomic E-state index is -5.08. The fourth-order valence-electron chi connectivity index (χ4n) is 3.09. The Balaban J connectivity index is 0.000000516. The van der Waals surface area contributed by atoms with Gasteiger partial charge in [-0.15, -0.1) is 0 Å². The van der Waals surface area contributed by atoms with Crippen LogP contribution >= 0.6 is 23.2 Å². The Bertz CT molecular complexity index is 704. The summed E-state index contributed by atoms with van der Waals surface area (Å²) in [5.41, 5.74) is 6.30. The van der Waals surface area contributed by atoms with Crippen LogP contribution in [0, 0.1) is 5.92 Å². The van der Waals surface area contributed by atoms with Crippen LogP contribution in [-0.4, -0.2) is 57.6 Å². The van der Waals surface area contributed by atoms with Crippen LogP contribution in [0.25, 0.3) is 0 Å². The van der Waals surface area contributed by atoms with Gasteiger partial charge < -0.3 is 26.0 Å². The van der Waals surface area contributed by atoms with Gasteiger partial charge in [-0.05, 0) is 51.8 Å². The average Bonchev–Trinajstić information content (AvgIpc) is 2.56. The van der Waals surface area contributed by atoms with Crippen molar-refractivity contribution in [2.75, 3.05) is 19.6 Å². The van der Waals surface area contributed by atoms with Gasteiger partial charge in [0, 0.05) is 24.2 Å². The Kier molecular flexibility index (Phi) is 9.04. The largest absolute Gasteiger partial charge is 0.508 e. The molecule has 0 bridgehead atoms. The predicted octanol–water partition coefficient (Wildman–Crippen LogP) is 3.82. The number of aromatic hydroxyl groups is 1. The van der Waals surface area contributed by atoms with Gasteiger partial charge in [-0.2, -0.15) is 13.2 Å². The third kappa shape index (κ3) is 8.55. The van der Waals surface area contributed by atoms with Crippen molar-refractivity contribution >= 4 is 29.2 Å². The molecule has 0 radical (unpaired) electrons. The number of aliphatic hydroxyl groups is 1. The summed E-state index contributed by atoms with van der Waals surface area (Å²) < 4.78 is 31.7. The molecule has 1 atom stereocenters. The van der Waals surface area contributed by atoms with Crippen LogP contribution in [0.4, 0.5) is 13.2 Å². The summed E-state index contributed by atoms with van der Waals surface area (Å²) in [5.74, 6) is -2.38. The van der Waals surface area contributed by atoms with Gasteiger partial charge in [0.05, 0.1) is 15.6 Å². The molecular formula is C18H25Cl2F3N2O4. The number of carboxylic acid groups (broad SMARTS) is 1. The Labute approximate surface area is 177 Å². The summed E-state index contributed by atoms with van der Waals surface area (Å²) in [6.45, 7) is 6.08. The van der Waals surface area contributed by atoms with E-state index in [1.807, 2.05) is 13.8 Å². The van der Waals surface area contributed by atoms with E-state index in [2.05, 4.69) is 4.90 Å². The highest BCUT2D eigenvalue weighted by Crippen LogP contribution is 2.37. The fourth-order valence-corrected chi connectivity index (χ4v) is 3.42. The van der Waals surface area contributed by atoms with Crippen molar-refractivity contribution in [2.24, 2.45) is 11.7 Å². The first kappa shape index (κ1) is 25.8. The number of hydrogen-bond acceptors (Lipinski definition) is 5. The Morgan fingerprint density at radius 1 is 1.24 bits per heavy atom. The topological polar surface area (TPSA) is 107 Å². The van der Waals surface area contributed by atoms with Crippen molar-refractivity contribution in [1.82, 2.24) is 4.90 Å². The molecule has 1 aliphatic rings. The summed E-state index contributed by atoms with van der Waals surface area (Å²) in [4.78, 5) is 11.1. The maximum atomic E-state index is 10.6. The summed E-state index contributed by atoms with van der Waals surface area (Å²) in [6.07, 6.45) is -3.23. The minimum absolute atomic E-state index is 0.0980. The van der Waals surface area contributed by atoms with Gasteiger partial charge in [-0.3, -0.25) is 0 Å². The highest BCUT2D eigenvalue weighted by molar-refractivity contribution is 6.42. The van der Waals surface area contributed by atoms with E-state index in [1.165, 1.54) is 6.07 Å². The van der Waals surface area contributed by atoms with Crippen LogP contribution in [0.1, 0.15) is 38.3 Å². The number of phenolic OH excluding ortho intramolecular Hbond substituents is 1. The molecule has 6 nitrogen and oxygen atoms in total. The Morgan fingerprint density at radius 2 is 1.69 bits per heavy atom. The molecule has 1 aliphatic heterocycles. The molecule has 0 saturated carbocycles. The fraction of sp³-hybridized carbons (Fsp3) is 0.611. The molecule has 11 heteroatoms. The van der Waals surface area contributed by atoms with E-state index in [9.17, 15) is 23.4 Å². The number of carbonyl (C=O) groups is 1. The van der Waals surface area contributed by atoms with Gasteiger partial charge in [0.2, 0.25) is 0 Å². The number of likely N-dealkylation sites (tertiary alicyclic amines) is 1. The van der Waals surface area contributed by atoms with E-state index in [1.54, 1.807) is 6.07 Å². The third-order valence-electron chi connectivity index (χ3n) is 4.42. The standard InChI is InChI=1S/C16H24Cl2N2O2.C2HF3O2/c1-16(2,22)9-20-5-3-10(4-6-20)15(19)11-7-12(17)13(18)8-14(11)21;3-2(4,5)1(6)7/h7-8,10,15,21-22H,3-6,9,19H2,1-2H3;(H,6,7). The van der Waals surface area contributed by atoms with E-state index in [-0.39, 0.29) is 17.7 Å². The molecule has 2 rings (SSSR count). The van der Waals surface area contributed by atoms with Crippen LogP contribution in [0.15, 0.2) is 12.1 Å². The monoisotopic (exact) mass is 460 g/mol. The van der Waals surface area contributed by atoms with Crippen LogP contribution in [0.5, 0.6) is 5.75 Å². The van der Waals surface area contributed by atoms with Gasteiger partial charge in [0.15, 0.2) is 0 Å². The van der Waals surface area contributed by atoms with E-state index in [4.69, 9.17) is 38.8 Å².